The van der Waals surface area contributed by atoms with Gasteiger partial charge in [-0.3, -0.25) is 9.59 Å². The van der Waals surface area contributed by atoms with Crippen LogP contribution in [0.3, 0.4) is 0 Å². The Morgan fingerprint density at radius 2 is 2.00 bits per heavy atom. The van der Waals surface area contributed by atoms with Crippen molar-refractivity contribution in [3.8, 4) is 6.07 Å². The number of carbonyl (C=O) groups excluding carboxylic acids is 3. The molecule has 2 aromatic rings. The number of hydrogen-bond acceptors (Lipinski definition) is 6. The van der Waals surface area contributed by atoms with Crippen molar-refractivity contribution in [3.05, 3.63) is 46.8 Å². The number of benzene rings is 1. The van der Waals surface area contributed by atoms with Gasteiger partial charge in [0, 0.05) is 18.7 Å². The number of nitrogens with one attached hydrogen (secondary N) is 1. The van der Waals surface area contributed by atoms with Crippen molar-refractivity contribution in [2.45, 2.75) is 19.3 Å². The highest BCUT2D eigenvalue weighted by molar-refractivity contribution is 7.14. The van der Waals surface area contributed by atoms with E-state index in [4.69, 9.17) is 10.00 Å². The van der Waals surface area contributed by atoms with Crippen molar-refractivity contribution in [2.24, 2.45) is 0 Å². The summed E-state index contributed by atoms with van der Waals surface area (Å²) in [5, 5.41) is 13.6. The number of esters is 1. The van der Waals surface area contributed by atoms with E-state index in [-0.39, 0.29) is 5.91 Å². The summed E-state index contributed by atoms with van der Waals surface area (Å²) in [6.45, 7) is 0.226. The molecule has 1 aliphatic heterocycles. The summed E-state index contributed by atoms with van der Waals surface area (Å²) in [5.74, 6) is -1.07. The second-order valence-electron chi connectivity index (χ2n) is 5.95. The molecule has 7 nitrogen and oxygen atoms in total. The Hall–Kier alpha value is -3.18. The molecule has 2 amide bonds. The first-order chi connectivity index (χ1) is 13.1. The molecule has 1 aromatic carbocycles. The van der Waals surface area contributed by atoms with E-state index in [1.165, 1.54) is 11.3 Å². The van der Waals surface area contributed by atoms with Crippen molar-refractivity contribution in [2.75, 3.05) is 23.4 Å². The Balaban J connectivity index is 1.54. The van der Waals surface area contributed by atoms with Gasteiger partial charge >= 0.3 is 5.97 Å². The summed E-state index contributed by atoms with van der Waals surface area (Å²) in [4.78, 5) is 37.6. The van der Waals surface area contributed by atoms with Crippen LogP contribution in [0.2, 0.25) is 0 Å². The van der Waals surface area contributed by atoms with Crippen molar-refractivity contribution in [3.63, 3.8) is 0 Å². The first-order valence-electron chi connectivity index (χ1n) is 8.43. The molecule has 0 aliphatic carbocycles. The van der Waals surface area contributed by atoms with Crippen LogP contribution in [0.5, 0.6) is 0 Å². The van der Waals surface area contributed by atoms with Gasteiger partial charge in [0.2, 0.25) is 5.91 Å². The van der Waals surface area contributed by atoms with E-state index >= 15 is 0 Å². The minimum Gasteiger partial charge on any atom is -0.452 e. The standard InChI is InChI=1S/C19H17N3O4S/c20-11-14-8-10-27-18(14)21-16(23)12-26-19(25)13-4-6-15(7-5-13)22-9-2-1-3-17(22)24/h4-8,10H,1-3,9,12H2,(H,21,23). The van der Waals surface area contributed by atoms with Gasteiger partial charge in [-0.25, -0.2) is 4.79 Å². The van der Waals surface area contributed by atoms with E-state index < -0.39 is 18.5 Å². The lowest BCUT2D eigenvalue weighted by Crippen LogP contribution is -2.35. The largest absolute Gasteiger partial charge is 0.452 e. The molecule has 0 radical (unpaired) electrons. The first kappa shape index (κ1) is 18.6. The lowest BCUT2D eigenvalue weighted by molar-refractivity contribution is -0.120. The fourth-order valence-corrected chi connectivity index (χ4v) is 3.48. The fraction of sp³-hybridized carbons (Fsp3) is 0.263. The molecule has 0 atom stereocenters. The quantitative estimate of drug-likeness (QED) is 0.800. The molecule has 0 saturated carbocycles. The molecule has 0 bridgehead atoms. The smallest absolute Gasteiger partial charge is 0.338 e. The number of anilines is 2. The van der Waals surface area contributed by atoms with Gasteiger partial charge in [-0.1, -0.05) is 0 Å². The molecule has 1 aliphatic rings. The van der Waals surface area contributed by atoms with E-state index in [9.17, 15) is 14.4 Å². The number of amides is 2. The Labute approximate surface area is 160 Å². The average Bonchev–Trinajstić information content (AvgIpc) is 3.13. The lowest BCUT2D eigenvalue weighted by atomic mass is 10.1. The van der Waals surface area contributed by atoms with E-state index in [2.05, 4.69) is 5.32 Å². The maximum absolute atomic E-state index is 12.1. The van der Waals surface area contributed by atoms with Crippen LogP contribution >= 0.6 is 11.3 Å². The number of nitrogens with zero attached hydrogens (tertiary/aromatic N) is 2. The number of nitriles is 1. The number of hydrogen-bond donors (Lipinski definition) is 1. The van der Waals surface area contributed by atoms with Gasteiger partial charge in [0.05, 0.1) is 11.1 Å². The Kier molecular flexibility index (Phi) is 5.84. The summed E-state index contributed by atoms with van der Waals surface area (Å²) in [7, 11) is 0. The molecule has 1 saturated heterocycles. The number of ether oxygens (including phenoxy) is 1. The molecule has 2 heterocycles. The van der Waals surface area contributed by atoms with E-state index in [0.717, 1.165) is 18.5 Å². The molecule has 8 heteroatoms. The molecular weight excluding hydrogens is 366 g/mol. The number of rotatable bonds is 5. The normalized spacial score (nSPS) is 13.7. The summed E-state index contributed by atoms with van der Waals surface area (Å²) in [5.41, 5.74) is 1.41. The molecule has 1 aromatic heterocycles. The third-order valence-electron chi connectivity index (χ3n) is 4.11. The van der Waals surface area contributed by atoms with Gasteiger partial charge in [-0.05, 0) is 48.6 Å². The molecule has 138 valence electrons. The number of piperidine rings is 1. The van der Waals surface area contributed by atoms with Crippen LogP contribution in [0, 0.1) is 11.3 Å². The van der Waals surface area contributed by atoms with Crippen LogP contribution in [0.15, 0.2) is 35.7 Å². The highest BCUT2D eigenvalue weighted by Gasteiger charge is 2.20. The van der Waals surface area contributed by atoms with E-state index in [1.54, 1.807) is 40.6 Å². The zero-order valence-electron chi connectivity index (χ0n) is 14.4. The zero-order chi connectivity index (χ0) is 19.2. The van der Waals surface area contributed by atoms with Gasteiger partial charge in [-0.15, -0.1) is 11.3 Å². The summed E-state index contributed by atoms with van der Waals surface area (Å²) in [6, 6.07) is 10.1. The third kappa shape index (κ3) is 4.51. The summed E-state index contributed by atoms with van der Waals surface area (Å²) >= 11 is 1.22. The second-order valence-corrected chi connectivity index (χ2v) is 6.86. The van der Waals surface area contributed by atoms with E-state index in [1.807, 2.05) is 6.07 Å². The van der Waals surface area contributed by atoms with Crippen LogP contribution in [0.25, 0.3) is 0 Å². The third-order valence-corrected chi connectivity index (χ3v) is 4.94. The van der Waals surface area contributed by atoms with Gasteiger partial charge in [0.1, 0.15) is 11.1 Å². The minimum absolute atomic E-state index is 0.0820. The number of thiophene rings is 1. The molecule has 1 fully saturated rings. The van der Waals surface area contributed by atoms with Crippen LogP contribution in [0.1, 0.15) is 35.2 Å². The van der Waals surface area contributed by atoms with Crippen molar-refractivity contribution >= 4 is 39.8 Å². The Morgan fingerprint density at radius 3 is 2.70 bits per heavy atom. The van der Waals surface area contributed by atoms with Gasteiger partial charge in [-0.2, -0.15) is 5.26 Å². The van der Waals surface area contributed by atoms with Crippen LogP contribution in [-0.4, -0.2) is 30.9 Å². The van der Waals surface area contributed by atoms with Crippen LogP contribution in [-0.2, 0) is 14.3 Å². The topological polar surface area (TPSA) is 99.5 Å². The Bertz CT molecular complexity index is 898. The maximum atomic E-state index is 12.1. The molecular formula is C19H17N3O4S. The van der Waals surface area contributed by atoms with Crippen molar-refractivity contribution in [1.29, 1.82) is 5.26 Å². The van der Waals surface area contributed by atoms with Crippen molar-refractivity contribution in [1.82, 2.24) is 0 Å². The lowest BCUT2D eigenvalue weighted by Gasteiger charge is -2.26. The zero-order valence-corrected chi connectivity index (χ0v) is 15.3. The molecule has 0 spiro atoms. The SMILES string of the molecule is N#Cc1ccsc1NC(=O)COC(=O)c1ccc(N2CCCCC2=O)cc1. The highest BCUT2D eigenvalue weighted by Crippen LogP contribution is 2.23. The first-order valence-corrected chi connectivity index (χ1v) is 9.31. The Morgan fingerprint density at radius 1 is 1.22 bits per heavy atom. The van der Waals surface area contributed by atoms with Crippen LogP contribution < -0.4 is 10.2 Å². The van der Waals surface area contributed by atoms with Crippen LogP contribution in [0.4, 0.5) is 10.7 Å². The maximum Gasteiger partial charge on any atom is 0.338 e. The van der Waals surface area contributed by atoms with Gasteiger partial charge in [0.25, 0.3) is 5.91 Å². The minimum atomic E-state index is -0.631. The predicted octanol–water partition coefficient (Wildman–Crippen LogP) is 2.93. The molecule has 0 unspecified atom stereocenters. The number of carbonyl (C=O) groups is 3. The second kappa shape index (κ2) is 8.47. The summed E-state index contributed by atoms with van der Waals surface area (Å²) in [6.07, 6.45) is 2.40. The molecule has 3 rings (SSSR count). The van der Waals surface area contributed by atoms with Gasteiger partial charge < -0.3 is 15.0 Å². The molecule has 27 heavy (non-hydrogen) atoms. The highest BCUT2D eigenvalue weighted by atomic mass is 32.1. The van der Waals surface area contributed by atoms with Crippen molar-refractivity contribution < 1.29 is 19.1 Å². The average molecular weight is 383 g/mol. The monoisotopic (exact) mass is 383 g/mol. The fourth-order valence-electron chi connectivity index (χ4n) is 2.73. The molecule has 1 N–H and O–H groups in total. The van der Waals surface area contributed by atoms with E-state index in [0.29, 0.717) is 29.1 Å². The summed E-state index contributed by atoms with van der Waals surface area (Å²) < 4.78 is 5.01. The van der Waals surface area contributed by atoms with Gasteiger partial charge in [0.15, 0.2) is 6.61 Å². The predicted molar refractivity (Wildman–Crippen MR) is 101 cm³/mol.